The lowest BCUT2D eigenvalue weighted by Crippen LogP contribution is -2.40. The Bertz CT molecular complexity index is 1030. The van der Waals surface area contributed by atoms with Crippen LogP contribution in [0.4, 0.5) is 5.69 Å². The molecule has 3 rings (SSSR count). The summed E-state index contributed by atoms with van der Waals surface area (Å²) in [6, 6.07) is 12.4. The van der Waals surface area contributed by atoms with Crippen LogP contribution < -0.4 is 9.73 Å². The van der Waals surface area contributed by atoms with E-state index in [2.05, 4.69) is 10.5 Å². The SMILES string of the molecule is O=C(CN(c1ccc(Cl)cc1Cl)S(=O)(=O)c1ccccc1)NN=C1CCCCCCC1. The molecule has 0 saturated heterocycles. The van der Waals surface area contributed by atoms with Gasteiger partial charge in [-0.3, -0.25) is 9.10 Å². The van der Waals surface area contributed by atoms with Gasteiger partial charge in [-0.2, -0.15) is 5.10 Å². The molecule has 31 heavy (non-hydrogen) atoms. The van der Waals surface area contributed by atoms with Crippen molar-refractivity contribution in [3.63, 3.8) is 0 Å². The second-order valence-corrected chi connectivity index (χ2v) is 10.1. The lowest BCUT2D eigenvalue weighted by Gasteiger charge is -2.24. The predicted octanol–water partition coefficient (Wildman–Crippen LogP) is 5.41. The van der Waals surface area contributed by atoms with Crippen LogP contribution in [0.3, 0.4) is 0 Å². The minimum absolute atomic E-state index is 0.0557. The van der Waals surface area contributed by atoms with Gasteiger partial charge in [-0.15, -0.1) is 0 Å². The normalized spacial score (nSPS) is 15.0. The lowest BCUT2D eigenvalue weighted by atomic mass is 9.99. The van der Waals surface area contributed by atoms with Gasteiger partial charge in [0, 0.05) is 10.7 Å². The number of amides is 1. The quantitative estimate of drug-likeness (QED) is 0.560. The van der Waals surface area contributed by atoms with Crippen molar-refractivity contribution in [3.05, 3.63) is 58.6 Å². The van der Waals surface area contributed by atoms with E-state index in [1.807, 2.05) is 0 Å². The van der Waals surface area contributed by atoms with Crippen LogP contribution in [-0.4, -0.2) is 26.6 Å². The first kappa shape index (κ1) is 23.6. The molecule has 1 N–H and O–H groups in total. The van der Waals surface area contributed by atoms with Crippen molar-refractivity contribution in [3.8, 4) is 0 Å². The molecule has 0 bridgehead atoms. The summed E-state index contributed by atoms with van der Waals surface area (Å²) in [6.45, 7) is -0.463. The standard InChI is InChI=1S/C22H25Cl2N3O3S/c23-17-13-14-21(20(24)15-17)27(31(29,30)19-11-7-4-8-12-19)16-22(28)26-25-18-9-5-2-1-3-6-10-18/h4,7-8,11-15H,1-3,5-6,9-10,16H2,(H,26,28). The number of carbonyl (C=O) groups is 1. The minimum atomic E-state index is -4.04. The molecule has 0 atom stereocenters. The van der Waals surface area contributed by atoms with Crippen LogP contribution >= 0.6 is 23.2 Å². The number of anilines is 1. The van der Waals surface area contributed by atoms with Crippen molar-refractivity contribution in [1.29, 1.82) is 0 Å². The molecule has 1 fully saturated rings. The molecule has 9 heteroatoms. The minimum Gasteiger partial charge on any atom is -0.271 e. The topological polar surface area (TPSA) is 78.8 Å². The summed E-state index contributed by atoms with van der Waals surface area (Å²) in [5.74, 6) is -0.542. The highest BCUT2D eigenvalue weighted by molar-refractivity contribution is 7.92. The van der Waals surface area contributed by atoms with Gasteiger partial charge in [0.2, 0.25) is 0 Å². The van der Waals surface area contributed by atoms with E-state index in [1.54, 1.807) is 18.2 Å². The van der Waals surface area contributed by atoms with E-state index in [0.29, 0.717) is 5.02 Å². The molecule has 166 valence electrons. The van der Waals surface area contributed by atoms with E-state index in [4.69, 9.17) is 23.2 Å². The highest BCUT2D eigenvalue weighted by Crippen LogP contribution is 2.32. The van der Waals surface area contributed by atoms with E-state index in [1.165, 1.54) is 36.8 Å². The molecule has 0 aliphatic heterocycles. The Labute approximate surface area is 193 Å². The van der Waals surface area contributed by atoms with E-state index < -0.39 is 22.5 Å². The van der Waals surface area contributed by atoms with Gasteiger partial charge in [-0.05, 0) is 56.0 Å². The number of sulfonamides is 1. The number of hydrazone groups is 1. The van der Waals surface area contributed by atoms with Gasteiger partial charge < -0.3 is 0 Å². The van der Waals surface area contributed by atoms with E-state index >= 15 is 0 Å². The molecule has 2 aromatic carbocycles. The number of halogens is 2. The summed E-state index contributed by atoms with van der Waals surface area (Å²) < 4.78 is 27.6. The van der Waals surface area contributed by atoms with Crippen LogP contribution in [0.1, 0.15) is 44.9 Å². The third kappa shape index (κ3) is 6.45. The van der Waals surface area contributed by atoms with Crippen molar-refractivity contribution in [2.24, 2.45) is 5.10 Å². The molecule has 0 unspecified atom stereocenters. The second-order valence-electron chi connectivity index (χ2n) is 7.40. The number of benzene rings is 2. The van der Waals surface area contributed by atoms with Gasteiger partial charge in [0.25, 0.3) is 15.9 Å². The van der Waals surface area contributed by atoms with Gasteiger partial charge in [0.05, 0.1) is 15.6 Å². The largest absolute Gasteiger partial charge is 0.271 e. The predicted molar refractivity (Wildman–Crippen MR) is 125 cm³/mol. The van der Waals surface area contributed by atoms with Crippen LogP contribution in [0.5, 0.6) is 0 Å². The van der Waals surface area contributed by atoms with Crippen molar-refractivity contribution >= 4 is 50.5 Å². The monoisotopic (exact) mass is 481 g/mol. The molecule has 1 amide bonds. The molecular weight excluding hydrogens is 457 g/mol. The van der Waals surface area contributed by atoms with Crippen molar-refractivity contribution < 1.29 is 13.2 Å². The summed E-state index contributed by atoms with van der Waals surface area (Å²) >= 11 is 12.3. The van der Waals surface area contributed by atoms with Gasteiger partial charge in [-0.25, -0.2) is 13.8 Å². The Morgan fingerprint density at radius 3 is 2.26 bits per heavy atom. The number of hydrogen-bond acceptors (Lipinski definition) is 4. The third-order valence-corrected chi connectivity index (χ3v) is 7.38. The lowest BCUT2D eigenvalue weighted by molar-refractivity contribution is -0.119. The first-order chi connectivity index (χ1) is 14.9. The van der Waals surface area contributed by atoms with Gasteiger partial charge in [0.1, 0.15) is 6.54 Å². The smallest absolute Gasteiger partial charge is 0.264 e. The fourth-order valence-electron chi connectivity index (χ4n) is 3.44. The Hall–Kier alpha value is -2.09. The molecule has 1 saturated carbocycles. The molecule has 2 aromatic rings. The van der Waals surface area contributed by atoms with Gasteiger partial charge in [-0.1, -0.05) is 60.7 Å². The van der Waals surface area contributed by atoms with Crippen molar-refractivity contribution in [1.82, 2.24) is 5.43 Å². The van der Waals surface area contributed by atoms with Gasteiger partial charge in [0.15, 0.2) is 0 Å². The summed E-state index contributed by atoms with van der Waals surface area (Å²) in [6.07, 6.45) is 7.32. The van der Waals surface area contributed by atoms with Crippen LogP contribution in [0.25, 0.3) is 0 Å². The Kier molecular flexibility index (Phi) is 8.35. The van der Waals surface area contributed by atoms with E-state index in [-0.39, 0.29) is 15.6 Å². The summed E-state index contributed by atoms with van der Waals surface area (Å²) in [5.41, 5.74) is 3.64. The van der Waals surface area contributed by atoms with Crippen LogP contribution in [0.2, 0.25) is 10.0 Å². The van der Waals surface area contributed by atoms with Gasteiger partial charge >= 0.3 is 0 Å². The number of nitrogens with zero attached hydrogens (tertiary/aromatic N) is 2. The zero-order chi connectivity index (χ0) is 22.3. The van der Waals surface area contributed by atoms with Crippen LogP contribution in [0, 0.1) is 0 Å². The fraction of sp³-hybridized carbons (Fsp3) is 0.364. The summed E-state index contributed by atoms with van der Waals surface area (Å²) in [5, 5.41) is 4.76. The maximum Gasteiger partial charge on any atom is 0.264 e. The summed E-state index contributed by atoms with van der Waals surface area (Å²) in [4.78, 5) is 12.7. The third-order valence-electron chi connectivity index (χ3n) is 5.07. The molecule has 0 spiro atoms. The van der Waals surface area contributed by atoms with E-state index in [9.17, 15) is 13.2 Å². The molecule has 0 heterocycles. The van der Waals surface area contributed by atoms with E-state index in [0.717, 1.165) is 48.5 Å². The average molecular weight is 482 g/mol. The van der Waals surface area contributed by atoms with Crippen molar-refractivity contribution in [2.45, 2.75) is 49.8 Å². The highest BCUT2D eigenvalue weighted by Gasteiger charge is 2.28. The fourth-order valence-corrected chi connectivity index (χ4v) is 5.46. The Morgan fingerprint density at radius 2 is 1.61 bits per heavy atom. The van der Waals surface area contributed by atoms with Crippen LogP contribution in [-0.2, 0) is 14.8 Å². The molecule has 0 radical (unpaired) electrons. The highest BCUT2D eigenvalue weighted by atomic mass is 35.5. The summed E-state index contributed by atoms with van der Waals surface area (Å²) in [7, 11) is -4.04. The molecule has 1 aliphatic rings. The molecule has 6 nitrogen and oxygen atoms in total. The molecular formula is C22H25Cl2N3O3S. The number of carbonyl (C=O) groups excluding carboxylic acids is 1. The first-order valence-corrected chi connectivity index (χ1v) is 12.4. The number of nitrogens with one attached hydrogen (secondary N) is 1. The van der Waals surface area contributed by atoms with Crippen molar-refractivity contribution in [2.75, 3.05) is 10.8 Å². The zero-order valence-electron chi connectivity index (χ0n) is 17.1. The Morgan fingerprint density at radius 1 is 0.968 bits per heavy atom. The second kappa shape index (κ2) is 11.0. The zero-order valence-corrected chi connectivity index (χ0v) is 19.4. The number of hydrogen-bond donors (Lipinski definition) is 1. The molecule has 0 aromatic heterocycles. The maximum absolute atomic E-state index is 13.3. The molecule has 1 aliphatic carbocycles. The van der Waals surface area contributed by atoms with Crippen LogP contribution in [0.15, 0.2) is 58.5 Å². The first-order valence-electron chi connectivity index (χ1n) is 10.2. The maximum atomic E-state index is 13.3. The Balaban J connectivity index is 1.85. The average Bonchev–Trinajstić information content (AvgIpc) is 2.72. The number of rotatable bonds is 6.